The third-order valence-electron chi connectivity index (χ3n) is 9.85. The van der Waals surface area contributed by atoms with Gasteiger partial charge in [0.25, 0.3) is 0 Å². The van der Waals surface area contributed by atoms with Crippen molar-refractivity contribution >= 4 is 0 Å². The lowest BCUT2D eigenvalue weighted by Gasteiger charge is -2.44. The van der Waals surface area contributed by atoms with Crippen LogP contribution in [0, 0.1) is 35.5 Å². The highest BCUT2D eigenvalue weighted by molar-refractivity contribution is 5.71. The molecule has 0 saturated heterocycles. The Bertz CT molecular complexity index is 1180. The van der Waals surface area contributed by atoms with Crippen molar-refractivity contribution in [3.63, 3.8) is 0 Å². The molecule has 0 amide bonds. The molecule has 2 bridgehead atoms. The fourth-order valence-corrected chi connectivity index (χ4v) is 8.47. The summed E-state index contributed by atoms with van der Waals surface area (Å²) < 4.78 is 0. The Morgan fingerprint density at radius 3 is 0.545 bits per heavy atom. The molecule has 0 fully saturated rings. The van der Waals surface area contributed by atoms with E-state index < -0.39 is 0 Å². The van der Waals surface area contributed by atoms with Gasteiger partial charge in [-0.2, -0.15) is 0 Å². The molecule has 6 rings (SSSR count). The van der Waals surface area contributed by atoms with E-state index in [-0.39, 0.29) is 0 Å². The smallest absolute Gasteiger partial charge is 0.0349 e. The Labute approximate surface area is 271 Å². The lowest BCUT2D eigenvalue weighted by atomic mass is 9.59. The van der Waals surface area contributed by atoms with Crippen LogP contribution < -0.4 is 0 Å². The fraction of sp³-hybridized carbons (Fsp3) is 0.591. The Morgan fingerprint density at radius 1 is 0.295 bits per heavy atom. The molecule has 3 aromatic carbocycles. The average Bonchev–Trinajstić information content (AvgIpc) is 2.87. The zero-order valence-corrected chi connectivity index (χ0v) is 30.3. The molecule has 0 N–H and O–H groups in total. The van der Waals surface area contributed by atoms with Crippen LogP contribution in [0.25, 0.3) is 0 Å². The van der Waals surface area contributed by atoms with Crippen LogP contribution in [-0.2, 0) is 38.5 Å². The van der Waals surface area contributed by atoms with E-state index in [0.29, 0.717) is 47.3 Å². The molecule has 0 unspecified atom stereocenters. The Morgan fingerprint density at radius 2 is 0.432 bits per heavy atom. The van der Waals surface area contributed by atoms with Gasteiger partial charge in [-0.3, -0.25) is 0 Å². The molecule has 0 aliphatic heterocycles. The van der Waals surface area contributed by atoms with Crippen molar-refractivity contribution in [1.29, 1.82) is 0 Å². The first-order valence-corrected chi connectivity index (χ1v) is 18.2. The van der Waals surface area contributed by atoms with E-state index in [1.165, 1.54) is 38.5 Å². The maximum Gasteiger partial charge on any atom is 0.0349 e. The highest BCUT2D eigenvalue weighted by atomic mass is 14.5. The van der Waals surface area contributed by atoms with Crippen LogP contribution in [0.4, 0.5) is 0 Å². The normalized spacial score (nSPS) is 17.0. The number of hydrogen-bond acceptors (Lipinski definition) is 0. The van der Waals surface area contributed by atoms with Crippen LogP contribution >= 0.6 is 0 Å². The van der Waals surface area contributed by atoms with Crippen LogP contribution in [0.1, 0.15) is 162 Å². The average molecular weight is 591 g/mol. The highest BCUT2D eigenvalue weighted by Crippen LogP contribution is 2.57. The van der Waals surface area contributed by atoms with E-state index in [4.69, 9.17) is 0 Å². The first-order chi connectivity index (χ1) is 20.7. The maximum absolute atomic E-state index is 2.69. The first-order valence-electron chi connectivity index (χ1n) is 18.2. The van der Waals surface area contributed by atoms with Gasteiger partial charge in [-0.05, 0) is 141 Å². The molecular formula is C44H62. The molecule has 0 saturated carbocycles. The van der Waals surface area contributed by atoms with Crippen LogP contribution in [0.5, 0.6) is 0 Å². The van der Waals surface area contributed by atoms with Gasteiger partial charge in [0, 0.05) is 11.8 Å². The van der Waals surface area contributed by atoms with Gasteiger partial charge in [0.1, 0.15) is 0 Å². The Balaban J connectivity index is 1.81. The second-order valence-electron chi connectivity index (χ2n) is 17.2. The minimum atomic E-state index is 0.344. The van der Waals surface area contributed by atoms with Gasteiger partial charge in [0.15, 0.2) is 0 Å². The summed E-state index contributed by atoms with van der Waals surface area (Å²) >= 11 is 0. The number of hydrogen-bond donors (Lipinski definition) is 0. The van der Waals surface area contributed by atoms with E-state index in [0.717, 1.165) is 0 Å². The van der Waals surface area contributed by atoms with Crippen molar-refractivity contribution in [2.45, 2.75) is 133 Å². The molecule has 238 valence electrons. The first kappa shape index (κ1) is 33.0. The largest absolute Gasteiger partial charge is 0.0625 e. The highest BCUT2D eigenvalue weighted by Gasteiger charge is 2.43. The van der Waals surface area contributed by atoms with Crippen LogP contribution in [0.2, 0.25) is 0 Å². The quantitative estimate of drug-likeness (QED) is 0.136. The van der Waals surface area contributed by atoms with E-state index in [1.54, 1.807) is 66.8 Å². The van der Waals surface area contributed by atoms with Gasteiger partial charge in [0.2, 0.25) is 0 Å². The topological polar surface area (TPSA) is 0 Å². The molecule has 0 radical (unpaired) electrons. The van der Waals surface area contributed by atoms with E-state index in [9.17, 15) is 0 Å². The molecule has 3 aliphatic carbocycles. The Hall–Kier alpha value is -2.34. The van der Waals surface area contributed by atoms with Crippen LogP contribution in [-0.4, -0.2) is 0 Å². The molecule has 0 heterocycles. The minimum Gasteiger partial charge on any atom is -0.0625 e. The maximum atomic E-state index is 2.69. The Kier molecular flexibility index (Phi) is 9.90. The molecule has 0 spiro atoms. The lowest BCUT2D eigenvalue weighted by Crippen LogP contribution is -2.30. The summed E-state index contributed by atoms with van der Waals surface area (Å²) in [6.45, 7) is 28.6. The third kappa shape index (κ3) is 6.76. The summed E-state index contributed by atoms with van der Waals surface area (Å²) in [6.07, 6.45) is 7.03. The van der Waals surface area contributed by atoms with Crippen molar-refractivity contribution < 1.29 is 0 Å². The number of benzene rings is 3. The van der Waals surface area contributed by atoms with E-state index in [2.05, 4.69) is 119 Å². The van der Waals surface area contributed by atoms with Gasteiger partial charge in [-0.25, -0.2) is 0 Å². The molecule has 44 heavy (non-hydrogen) atoms. The van der Waals surface area contributed by atoms with Gasteiger partial charge in [-0.15, -0.1) is 0 Å². The minimum absolute atomic E-state index is 0.344. The summed E-state index contributed by atoms with van der Waals surface area (Å²) in [5, 5.41) is 0. The summed E-state index contributed by atoms with van der Waals surface area (Å²) in [7, 11) is 0. The summed E-state index contributed by atoms with van der Waals surface area (Å²) in [5.41, 5.74) is 19.2. The lowest BCUT2D eigenvalue weighted by molar-refractivity contribution is 0.604. The van der Waals surface area contributed by atoms with Gasteiger partial charge in [-0.1, -0.05) is 119 Å². The molecule has 0 atom stereocenters. The molecule has 0 nitrogen and oxygen atoms in total. The van der Waals surface area contributed by atoms with Crippen molar-refractivity contribution in [3.05, 3.63) is 103 Å². The molecule has 3 aliphatic rings. The van der Waals surface area contributed by atoms with Crippen molar-refractivity contribution in [2.24, 2.45) is 35.5 Å². The zero-order chi connectivity index (χ0) is 32.0. The standard InChI is InChI=1S/C44H62/c1-25(2)13-31-19-37-38(20-32(31)14-26(3)4)44-41-23-35(17-29(9)10)33(15-27(5)6)21-39(41)43(37)40-22-34(16-28(7)8)36(18-30(11)12)24-42(40)44/h19-30,43-44H,13-18H2,1-12H3. The van der Waals surface area contributed by atoms with Crippen LogP contribution in [0.3, 0.4) is 0 Å². The van der Waals surface area contributed by atoms with Gasteiger partial charge >= 0.3 is 0 Å². The van der Waals surface area contributed by atoms with Crippen molar-refractivity contribution in [1.82, 2.24) is 0 Å². The second-order valence-corrected chi connectivity index (χ2v) is 17.2. The monoisotopic (exact) mass is 590 g/mol. The number of rotatable bonds is 12. The predicted molar refractivity (Wildman–Crippen MR) is 192 cm³/mol. The molecule has 0 aromatic heterocycles. The summed E-state index contributed by atoms with van der Waals surface area (Å²) in [5.74, 6) is 4.64. The SMILES string of the molecule is CC(C)Cc1cc2c(cc1CC(C)C)C1c3cc(CC(C)C)c(CC(C)C)cc3C2c2cc(CC(C)C)c(CC(C)C)cc21. The predicted octanol–water partition coefficient (Wildman–Crippen LogP) is 11.9. The molecular weight excluding hydrogens is 528 g/mol. The van der Waals surface area contributed by atoms with Gasteiger partial charge in [0.05, 0.1) is 0 Å². The van der Waals surface area contributed by atoms with Gasteiger partial charge < -0.3 is 0 Å². The summed E-state index contributed by atoms with van der Waals surface area (Å²) in [4.78, 5) is 0. The summed E-state index contributed by atoms with van der Waals surface area (Å²) in [6, 6.07) is 16.1. The zero-order valence-electron chi connectivity index (χ0n) is 30.3. The van der Waals surface area contributed by atoms with E-state index in [1.807, 2.05) is 0 Å². The second kappa shape index (κ2) is 13.2. The fourth-order valence-electron chi connectivity index (χ4n) is 8.47. The van der Waals surface area contributed by atoms with Crippen LogP contribution in [0.15, 0.2) is 36.4 Å². The third-order valence-corrected chi connectivity index (χ3v) is 9.85. The molecule has 0 heteroatoms. The van der Waals surface area contributed by atoms with Crippen molar-refractivity contribution in [2.75, 3.05) is 0 Å². The molecule has 3 aromatic rings. The van der Waals surface area contributed by atoms with E-state index >= 15 is 0 Å². The van der Waals surface area contributed by atoms with Crippen molar-refractivity contribution in [3.8, 4) is 0 Å².